The second kappa shape index (κ2) is 7.78. The SMILES string of the molecule is CCCCC1CCC(C2CCC(CCl)CC2)CC1. The summed E-state index contributed by atoms with van der Waals surface area (Å²) >= 11 is 5.98. The van der Waals surface area contributed by atoms with E-state index in [2.05, 4.69) is 6.92 Å². The lowest BCUT2D eigenvalue weighted by atomic mass is 9.69. The number of hydrogen-bond acceptors (Lipinski definition) is 0. The zero-order valence-electron chi connectivity index (χ0n) is 12.2. The summed E-state index contributed by atoms with van der Waals surface area (Å²) in [4.78, 5) is 0. The molecule has 106 valence electrons. The summed E-state index contributed by atoms with van der Waals surface area (Å²) in [5.74, 6) is 4.93. The highest BCUT2D eigenvalue weighted by molar-refractivity contribution is 6.18. The van der Waals surface area contributed by atoms with Crippen molar-refractivity contribution >= 4 is 11.6 Å². The molecule has 2 fully saturated rings. The standard InChI is InChI=1S/C17H31Cl/c1-2-3-4-14-5-9-16(10-6-14)17-11-7-15(13-18)8-12-17/h14-17H,2-13H2,1H3. The van der Waals surface area contributed by atoms with E-state index in [1.54, 1.807) is 0 Å². The molecule has 0 saturated heterocycles. The molecule has 0 nitrogen and oxygen atoms in total. The molecule has 0 aromatic rings. The molecular formula is C17H31Cl. The number of halogens is 1. The van der Waals surface area contributed by atoms with Crippen LogP contribution >= 0.6 is 11.6 Å². The van der Waals surface area contributed by atoms with Crippen molar-refractivity contribution < 1.29 is 0 Å². The fourth-order valence-corrected chi connectivity index (χ4v) is 4.56. The molecule has 0 bridgehead atoms. The highest BCUT2D eigenvalue weighted by Crippen LogP contribution is 2.42. The van der Waals surface area contributed by atoms with Gasteiger partial charge in [0.15, 0.2) is 0 Å². The third kappa shape index (κ3) is 4.15. The van der Waals surface area contributed by atoms with Crippen molar-refractivity contribution in [2.24, 2.45) is 23.7 Å². The summed E-state index contributed by atoms with van der Waals surface area (Å²) in [6.45, 7) is 2.32. The van der Waals surface area contributed by atoms with E-state index in [9.17, 15) is 0 Å². The van der Waals surface area contributed by atoms with Gasteiger partial charge in [-0.05, 0) is 62.2 Å². The van der Waals surface area contributed by atoms with Crippen molar-refractivity contribution in [1.82, 2.24) is 0 Å². The molecule has 1 heteroatoms. The topological polar surface area (TPSA) is 0 Å². The summed E-state index contributed by atoms with van der Waals surface area (Å²) in [6, 6.07) is 0. The second-order valence-corrected chi connectivity index (χ2v) is 7.17. The van der Waals surface area contributed by atoms with Gasteiger partial charge in [-0.1, -0.05) is 39.0 Å². The third-order valence-corrected chi connectivity index (χ3v) is 6.07. The Morgan fingerprint density at radius 2 is 1.28 bits per heavy atom. The molecule has 2 aliphatic carbocycles. The van der Waals surface area contributed by atoms with Crippen molar-refractivity contribution in [3.63, 3.8) is 0 Å². The Labute approximate surface area is 119 Å². The number of rotatable bonds is 5. The molecule has 0 heterocycles. The van der Waals surface area contributed by atoms with Gasteiger partial charge in [0.05, 0.1) is 0 Å². The van der Waals surface area contributed by atoms with Crippen LogP contribution in [0.3, 0.4) is 0 Å². The molecule has 2 rings (SSSR count). The zero-order valence-corrected chi connectivity index (χ0v) is 12.9. The Balaban J connectivity index is 1.67. The van der Waals surface area contributed by atoms with E-state index in [0.717, 1.165) is 29.6 Å². The van der Waals surface area contributed by atoms with Crippen LogP contribution in [0.15, 0.2) is 0 Å². The maximum atomic E-state index is 5.98. The molecule has 2 aliphatic rings. The predicted octanol–water partition coefficient (Wildman–Crippen LogP) is 6.03. The van der Waals surface area contributed by atoms with Gasteiger partial charge < -0.3 is 0 Å². The maximum Gasteiger partial charge on any atom is 0.0251 e. The van der Waals surface area contributed by atoms with Gasteiger partial charge in [-0.2, -0.15) is 0 Å². The van der Waals surface area contributed by atoms with Crippen molar-refractivity contribution in [2.75, 3.05) is 5.88 Å². The highest BCUT2D eigenvalue weighted by Gasteiger charge is 2.30. The minimum atomic E-state index is 0.837. The number of hydrogen-bond donors (Lipinski definition) is 0. The Morgan fingerprint density at radius 3 is 1.72 bits per heavy atom. The first-order valence-corrected chi connectivity index (χ1v) is 8.92. The number of unbranched alkanes of at least 4 members (excludes halogenated alkanes) is 1. The molecule has 0 N–H and O–H groups in total. The smallest absolute Gasteiger partial charge is 0.0251 e. The van der Waals surface area contributed by atoms with E-state index in [4.69, 9.17) is 11.6 Å². The lowest BCUT2D eigenvalue weighted by Crippen LogP contribution is -2.26. The largest absolute Gasteiger partial charge is 0.126 e. The van der Waals surface area contributed by atoms with E-state index in [0.29, 0.717) is 0 Å². The molecule has 0 aliphatic heterocycles. The molecule has 0 spiro atoms. The molecule has 0 aromatic heterocycles. The molecule has 0 aromatic carbocycles. The fourth-order valence-electron chi connectivity index (χ4n) is 4.26. The molecule has 0 unspecified atom stereocenters. The average molecular weight is 271 g/mol. The quantitative estimate of drug-likeness (QED) is 0.535. The molecule has 2 saturated carbocycles. The summed E-state index contributed by atoms with van der Waals surface area (Å²) in [6.07, 6.45) is 16.2. The lowest BCUT2D eigenvalue weighted by molar-refractivity contribution is 0.147. The van der Waals surface area contributed by atoms with Crippen LogP contribution in [-0.2, 0) is 0 Å². The first kappa shape index (κ1) is 14.7. The average Bonchev–Trinajstić information content (AvgIpc) is 2.46. The van der Waals surface area contributed by atoms with Gasteiger partial charge in [0.25, 0.3) is 0 Å². The van der Waals surface area contributed by atoms with Crippen LogP contribution in [0.5, 0.6) is 0 Å². The van der Waals surface area contributed by atoms with Crippen molar-refractivity contribution in [1.29, 1.82) is 0 Å². The molecular weight excluding hydrogens is 240 g/mol. The van der Waals surface area contributed by atoms with Gasteiger partial charge >= 0.3 is 0 Å². The third-order valence-electron chi connectivity index (χ3n) is 5.63. The molecule has 0 atom stereocenters. The van der Waals surface area contributed by atoms with Crippen LogP contribution in [0.4, 0.5) is 0 Å². The van der Waals surface area contributed by atoms with Gasteiger partial charge in [0, 0.05) is 5.88 Å². The van der Waals surface area contributed by atoms with Crippen LogP contribution < -0.4 is 0 Å². The Kier molecular flexibility index (Phi) is 6.35. The first-order valence-electron chi connectivity index (χ1n) is 8.39. The highest BCUT2D eigenvalue weighted by atomic mass is 35.5. The monoisotopic (exact) mass is 270 g/mol. The summed E-state index contributed by atoms with van der Waals surface area (Å²) < 4.78 is 0. The maximum absolute atomic E-state index is 5.98. The Hall–Kier alpha value is 0.290. The van der Waals surface area contributed by atoms with E-state index >= 15 is 0 Å². The van der Waals surface area contributed by atoms with Crippen LogP contribution in [-0.4, -0.2) is 5.88 Å². The minimum absolute atomic E-state index is 0.837. The van der Waals surface area contributed by atoms with E-state index in [1.807, 2.05) is 0 Å². The Bertz CT molecular complexity index is 210. The van der Waals surface area contributed by atoms with Crippen molar-refractivity contribution in [3.05, 3.63) is 0 Å². The van der Waals surface area contributed by atoms with Gasteiger partial charge in [0.2, 0.25) is 0 Å². The van der Waals surface area contributed by atoms with Crippen molar-refractivity contribution in [2.45, 2.75) is 77.6 Å². The molecule has 0 radical (unpaired) electrons. The van der Waals surface area contributed by atoms with Gasteiger partial charge in [-0.3, -0.25) is 0 Å². The Morgan fingerprint density at radius 1 is 0.778 bits per heavy atom. The van der Waals surface area contributed by atoms with Gasteiger partial charge in [0.1, 0.15) is 0 Å². The number of alkyl halides is 1. The summed E-state index contributed by atoms with van der Waals surface area (Å²) in [7, 11) is 0. The predicted molar refractivity (Wildman–Crippen MR) is 81.1 cm³/mol. The molecule has 0 amide bonds. The van der Waals surface area contributed by atoms with E-state index in [-0.39, 0.29) is 0 Å². The zero-order chi connectivity index (χ0) is 12.8. The first-order chi connectivity index (χ1) is 8.83. The lowest BCUT2D eigenvalue weighted by Gasteiger charge is -2.37. The van der Waals surface area contributed by atoms with Crippen LogP contribution in [0.25, 0.3) is 0 Å². The molecule has 18 heavy (non-hydrogen) atoms. The minimum Gasteiger partial charge on any atom is -0.126 e. The summed E-state index contributed by atoms with van der Waals surface area (Å²) in [5.41, 5.74) is 0. The second-order valence-electron chi connectivity index (χ2n) is 6.86. The van der Waals surface area contributed by atoms with Crippen LogP contribution in [0, 0.1) is 23.7 Å². The van der Waals surface area contributed by atoms with Crippen LogP contribution in [0.1, 0.15) is 77.6 Å². The van der Waals surface area contributed by atoms with Gasteiger partial charge in [-0.15, -0.1) is 11.6 Å². The van der Waals surface area contributed by atoms with Crippen LogP contribution in [0.2, 0.25) is 0 Å². The van der Waals surface area contributed by atoms with E-state index in [1.165, 1.54) is 70.6 Å². The van der Waals surface area contributed by atoms with Gasteiger partial charge in [-0.25, -0.2) is 0 Å². The normalized spacial score (nSPS) is 37.7. The fraction of sp³-hybridized carbons (Fsp3) is 1.00. The van der Waals surface area contributed by atoms with Crippen molar-refractivity contribution in [3.8, 4) is 0 Å². The van der Waals surface area contributed by atoms with E-state index < -0.39 is 0 Å². The summed E-state index contributed by atoms with van der Waals surface area (Å²) in [5, 5.41) is 0.